The number of likely N-dealkylation sites (tertiary alicyclic amines) is 1. The molecule has 1 aromatic rings. The minimum atomic E-state index is -0.684. The lowest BCUT2D eigenvalue weighted by atomic mass is 10.0. The average Bonchev–Trinajstić information content (AvgIpc) is 2.67. The number of piperidine rings is 1. The van der Waals surface area contributed by atoms with Gasteiger partial charge in [-0.15, -0.1) is 0 Å². The molecule has 0 unspecified atom stereocenters. The van der Waals surface area contributed by atoms with Crippen LogP contribution in [-0.4, -0.2) is 73.6 Å². The molecule has 2 fully saturated rings. The first-order valence-electron chi connectivity index (χ1n) is 9.09. The summed E-state index contributed by atoms with van der Waals surface area (Å²) in [6, 6.07) is 6.50. The van der Waals surface area contributed by atoms with Crippen LogP contribution >= 0.6 is 0 Å². The Hall–Kier alpha value is -2.35. The molecule has 3 rings (SSSR count). The van der Waals surface area contributed by atoms with Gasteiger partial charge >= 0.3 is 6.03 Å². The predicted molar refractivity (Wildman–Crippen MR) is 97.4 cm³/mol. The zero-order valence-electron chi connectivity index (χ0n) is 14.9. The second kappa shape index (κ2) is 8.35. The molecule has 7 nitrogen and oxygen atoms in total. The predicted octanol–water partition coefficient (Wildman–Crippen LogP) is 0.607. The third kappa shape index (κ3) is 4.43. The van der Waals surface area contributed by atoms with E-state index in [-0.39, 0.29) is 18.3 Å². The number of carbonyl (C=O) groups is 2. The lowest BCUT2D eigenvalue weighted by Crippen LogP contribution is -2.56. The van der Waals surface area contributed by atoms with Crippen molar-refractivity contribution in [1.82, 2.24) is 15.1 Å². The first-order chi connectivity index (χ1) is 12.5. The van der Waals surface area contributed by atoms with E-state index < -0.39 is 6.03 Å². The number of halogens is 1. The summed E-state index contributed by atoms with van der Waals surface area (Å²) >= 11 is 0. The minimum Gasteiger partial charge on any atom is -0.367 e. The Balaban J connectivity index is 1.52. The van der Waals surface area contributed by atoms with Gasteiger partial charge in [-0.3, -0.25) is 9.69 Å². The van der Waals surface area contributed by atoms with Crippen molar-refractivity contribution < 1.29 is 14.0 Å². The van der Waals surface area contributed by atoms with Gasteiger partial charge in [0.1, 0.15) is 5.82 Å². The van der Waals surface area contributed by atoms with E-state index in [1.165, 1.54) is 6.07 Å². The Morgan fingerprint density at radius 2 is 1.88 bits per heavy atom. The fourth-order valence-corrected chi connectivity index (χ4v) is 3.79. The summed E-state index contributed by atoms with van der Waals surface area (Å²) in [6.07, 6.45) is 1.99. The summed E-state index contributed by atoms with van der Waals surface area (Å²) < 4.78 is 14.0. The molecule has 3 amide bonds. The van der Waals surface area contributed by atoms with Crippen LogP contribution in [0.4, 0.5) is 14.9 Å². The summed E-state index contributed by atoms with van der Waals surface area (Å²) in [4.78, 5) is 29.2. The molecule has 0 bridgehead atoms. The van der Waals surface area contributed by atoms with Crippen molar-refractivity contribution in [3.05, 3.63) is 30.1 Å². The van der Waals surface area contributed by atoms with E-state index in [9.17, 15) is 14.0 Å². The van der Waals surface area contributed by atoms with Gasteiger partial charge in [0, 0.05) is 45.3 Å². The van der Waals surface area contributed by atoms with E-state index in [1.807, 2.05) is 12.1 Å². The zero-order valence-corrected chi connectivity index (χ0v) is 14.9. The van der Waals surface area contributed by atoms with Crippen LogP contribution in [-0.2, 0) is 4.79 Å². The molecular weight excluding hydrogens is 337 g/mol. The number of carbonyl (C=O) groups excluding carboxylic acids is 2. The third-order valence-corrected chi connectivity index (χ3v) is 5.19. The summed E-state index contributed by atoms with van der Waals surface area (Å²) in [6.45, 7) is 4.57. The molecule has 2 saturated heterocycles. The van der Waals surface area contributed by atoms with Crippen LogP contribution in [0.25, 0.3) is 0 Å². The van der Waals surface area contributed by atoms with Crippen molar-refractivity contribution >= 4 is 17.6 Å². The molecule has 2 heterocycles. The number of primary amides is 1. The van der Waals surface area contributed by atoms with Gasteiger partial charge in [-0.1, -0.05) is 12.1 Å². The van der Waals surface area contributed by atoms with Crippen molar-refractivity contribution in [2.45, 2.75) is 18.9 Å². The highest BCUT2D eigenvalue weighted by Gasteiger charge is 2.30. The molecule has 0 aromatic heterocycles. The van der Waals surface area contributed by atoms with Gasteiger partial charge in [0.15, 0.2) is 0 Å². The monoisotopic (exact) mass is 363 g/mol. The Morgan fingerprint density at radius 3 is 2.58 bits per heavy atom. The maximum Gasteiger partial charge on any atom is 0.312 e. The second-order valence-corrected chi connectivity index (χ2v) is 6.83. The molecule has 8 heteroatoms. The second-order valence-electron chi connectivity index (χ2n) is 6.83. The quantitative estimate of drug-likeness (QED) is 0.821. The van der Waals surface area contributed by atoms with Crippen LogP contribution in [0.2, 0.25) is 0 Å². The van der Waals surface area contributed by atoms with Crippen molar-refractivity contribution in [3.8, 4) is 0 Å². The van der Waals surface area contributed by atoms with Crippen LogP contribution in [0.3, 0.4) is 0 Å². The number of benzene rings is 1. The van der Waals surface area contributed by atoms with E-state index in [1.54, 1.807) is 11.0 Å². The Labute approximate surface area is 152 Å². The SMILES string of the molecule is NC(=O)NCC(=O)N1CCC[C@@H](N2CCN(c3ccccc3F)CC2)C1. The van der Waals surface area contributed by atoms with Crippen molar-refractivity contribution in [1.29, 1.82) is 0 Å². The van der Waals surface area contributed by atoms with E-state index in [0.29, 0.717) is 24.8 Å². The normalized spacial score (nSPS) is 21.5. The number of piperazine rings is 1. The fraction of sp³-hybridized carbons (Fsp3) is 0.556. The van der Waals surface area contributed by atoms with Gasteiger partial charge in [-0.05, 0) is 25.0 Å². The molecule has 3 N–H and O–H groups in total. The number of nitrogens with two attached hydrogens (primary N) is 1. The van der Waals surface area contributed by atoms with E-state index >= 15 is 0 Å². The molecule has 0 saturated carbocycles. The van der Waals surface area contributed by atoms with Gasteiger partial charge in [0.05, 0.1) is 12.2 Å². The maximum absolute atomic E-state index is 14.0. The van der Waals surface area contributed by atoms with Gasteiger partial charge in [-0.2, -0.15) is 0 Å². The molecule has 2 aliphatic heterocycles. The molecule has 142 valence electrons. The Bertz CT molecular complexity index is 648. The number of nitrogens with zero attached hydrogens (tertiary/aromatic N) is 3. The van der Waals surface area contributed by atoms with Crippen molar-refractivity contribution in [3.63, 3.8) is 0 Å². The minimum absolute atomic E-state index is 0.0525. The number of rotatable bonds is 4. The van der Waals surface area contributed by atoms with Gasteiger partial charge in [0.25, 0.3) is 0 Å². The zero-order chi connectivity index (χ0) is 18.5. The Morgan fingerprint density at radius 1 is 1.15 bits per heavy atom. The number of nitrogens with one attached hydrogen (secondary N) is 1. The van der Waals surface area contributed by atoms with Crippen LogP contribution < -0.4 is 16.0 Å². The summed E-state index contributed by atoms with van der Waals surface area (Å²) in [5.74, 6) is -0.282. The third-order valence-electron chi connectivity index (χ3n) is 5.19. The lowest BCUT2D eigenvalue weighted by molar-refractivity contribution is -0.132. The first kappa shape index (κ1) is 18.4. The topological polar surface area (TPSA) is 81.9 Å². The molecule has 1 atom stereocenters. The molecule has 0 spiro atoms. The van der Waals surface area contributed by atoms with Crippen LogP contribution in [0.15, 0.2) is 24.3 Å². The maximum atomic E-state index is 14.0. The lowest BCUT2D eigenvalue weighted by Gasteiger charge is -2.44. The van der Waals surface area contributed by atoms with Gasteiger partial charge in [-0.25, -0.2) is 9.18 Å². The number of para-hydroxylation sites is 1. The fourth-order valence-electron chi connectivity index (χ4n) is 3.79. The number of urea groups is 1. The van der Waals surface area contributed by atoms with Crippen LogP contribution in [0, 0.1) is 5.82 Å². The molecule has 0 aliphatic carbocycles. The highest BCUT2D eigenvalue weighted by Crippen LogP contribution is 2.23. The number of hydrogen-bond acceptors (Lipinski definition) is 4. The van der Waals surface area contributed by atoms with E-state index in [4.69, 9.17) is 5.73 Å². The Kier molecular flexibility index (Phi) is 5.92. The molecule has 26 heavy (non-hydrogen) atoms. The number of anilines is 1. The van der Waals surface area contributed by atoms with Crippen LogP contribution in [0.5, 0.6) is 0 Å². The van der Waals surface area contributed by atoms with Gasteiger partial charge < -0.3 is 20.9 Å². The van der Waals surface area contributed by atoms with Crippen molar-refractivity contribution in [2.24, 2.45) is 5.73 Å². The largest absolute Gasteiger partial charge is 0.367 e. The highest BCUT2D eigenvalue weighted by molar-refractivity contribution is 5.83. The molecule has 0 radical (unpaired) electrons. The average molecular weight is 363 g/mol. The highest BCUT2D eigenvalue weighted by atomic mass is 19.1. The first-order valence-corrected chi connectivity index (χ1v) is 9.09. The molecular formula is C18H26FN5O2. The molecule has 1 aromatic carbocycles. The smallest absolute Gasteiger partial charge is 0.312 e. The molecule has 2 aliphatic rings. The van der Waals surface area contributed by atoms with E-state index in [2.05, 4.69) is 15.1 Å². The summed E-state index contributed by atoms with van der Waals surface area (Å²) in [5.41, 5.74) is 5.68. The van der Waals surface area contributed by atoms with Gasteiger partial charge in [0.2, 0.25) is 5.91 Å². The summed E-state index contributed by atoms with van der Waals surface area (Å²) in [7, 11) is 0. The number of hydrogen-bond donors (Lipinski definition) is 2. The standard InChI is InChI=1S/C18H26FN5O2/c19-15-5-1-2-6-16(15)23-10-8-22(9-11-23)14-4-3-7-24(13-14)17(25)12-21-18(20)26/h1-2,5-6,14H,3-4,7-13H2,(H3,20,21,26)/t14-/m1/s1. The van der Waals surface area contributed by atoms with Crippen molar-refractivity contribution in [2.75, 3.05) is 50.7 Å². The number of amides is 3. The van der Waals surface area contributed by atoms with Crippen LogP contribution in [0.1, 0.15) is 12.8 Å². The summed E-state index contributed by atoms with van der Waals surface area (Å²) in [5, 5.41) is 2.36. The van der Waals surface area contributed by atoms with E-state index in [0.717, 1.165) is 39.0 Å².